The molecule has 2 rings (SSSR count). The van der Waals surface area contributed by atoms with Gasteiger partial charge in [-0.2, -0.15) is 0 Å². The minimum absolute atomic E-state index is 0.240. The van der Waals surface area contributed by atoms with E-state index in [0.29, 0.717) is 39.7 Å². The summed E-state index contributed by atoms with van der Waals surface area (Å²) in [6.07, 6.45) is 0. The molecule has 2 aromatic rings. The molecule has 1 unspecified atom stereocenters. The highest BCUT2D eigenvalue weighted by atomic mass is 35.5. The average molecular weight is 433 g/mol. The molecular formula is C19H20Cl3NO4. The number of rotatable bonds is 9. The van der Waals surface area contributed by atoms with E-state index in [9.17, 15) is 4.79 Å². The van der Waals surface area contributed by atoms with Gasteiger partial charge < -0.3 is 19.9 Å². The summed E-state index contributed by atoms with van der Waals surface area (Å²) in [6.45, 7) is 4.43. The molecule has 0 spiro atoms. The normalized spacial score (nSPS) is 11.9. The van der Waals surface area contributed by atoms with Gasteiger partial charge in [0.05, 0.1) is 21.7 Å². The predicted octanol–water partition coefficient (Wildman–Crippen LogP) is 5.19. The van der Waals surface area contributed by atoms with Crippen LogP contribution in [0.15, 0.2) is 30.3 Å². The number of benzene rings is 2. The van der Waals surface area contributed by atoms with Crippen LogP contribution in [0.1, 0.15) is 25.0 Å². The fourth-order valence-corrected chi connectivity index (χ4v) is 2.88. The molecule has 27 heavy (non-hydrogen) atoms. The number of hydrogen-bond donors (Lipinski definition) is 2. The summed E-state index contributed by atoms with van der Waals surface area (Å²) in [6, 6.07) is 8.06. The number of carbonyl (C=O) groups is 1. The molecule has 146 valence electrons. The molecule has 0 aromatic heterocycles. The first-order valence-corrected chi connectivity index (χ1v) is 9.43. The van der Waals surface area contributed by atoms with E-state index in [1.807, 2.05) is 13.0 Å². The number of hydrogen-bond acceptors (Lipinski definition) is 4. The number of ether oxygens (including phenoxy) is 2. The second-order valence-corrected chi connectivity index (χ2v) is 7.04. The molecule has 0 saturated heterocycles. The van der Waals surface area contributed by atoms with Gasteiger partial charge in [0.2, 0.25) is 0 Å². The first-order valence-electron chi connectivity index (χ1n) is 8.30. The zero-order valence-corrected chi connectivity index (χ0v) is 17.2. The van der Waals surface area contributed by atoms with Crippen molar-refractivity contribution in [2.24, 2.45) is 0 Å². The van der Waals surface area contributed by atoms with Crippen molar-refractivity contribution >= 4 is 40.8 Å². The average Bonchev–Trinajstić information content (AvgIpc) is 2.62. The van der Waals surface area contributed by atoms with Crippen molar-refractivity contribution in [3.05, 3.63) is 56.5 Å². The lowest BCUT2D eigenvalue weighted by molar-refractivity contribution is -0.139. The maximum atomic E-state index is 10.9. The highest BCUT2D eigenvalue weighted by Crippen LogP contribution is 2.37. The summed E-state index contributed by atoms with van der Waals surface area (Å²) >= 11 is 18.3. The zero-order chi connectivity index (χ0) is 20.0. The number of nitrogens with one attached hydrogen (secondary N) is 1. The van der Waals surface area contributed by atoms with Gasteiger partial charge in [0.1, 0.15) is 12.6 Å². The Morgan fingerprint density at radius 1 is 1.07 bits per heavy atom. The summed E-state index contributed by atoms with van der Waals surface area (Å²) in [4.78, 5) is 10.9. The third-order valence-electron chi connectivity index (χ3n) is 3.72. The van der Waals surface area contributed by atoms with Crippen molar-refractivity contribution < 1.29 is 19.4 Å². The van der Waals surface area contributed by atoms with Crippen LogP contribution in [-0.4, -0.2) is 23.7 Å². The third-order valence-corrected chi connectivity index (χ3v) is 4.74. The molecule has 0 radical (unpaired) electrons. The smallest absolute Gasteiger partial charge is 0.320 e. The molecule has 1 atom stereocenters. The topological polar surface area (TPSA) is 67.8 Å². The summed E-state index contributed by atoms with van der Waals surface area (Å²) in [5.74, 6) is -0.0165. The Morgan fingerprint density at radius 3 is 2.41 bits per heavy atom. The standard InChI is InChI=1S/C19H20Cl3NO4/c1-3-26-17-8-13(9-23-11(2)19(24)25)7-16(22)18(17)27-10-12-4-5-14(20)15(21)6-12/h4-8,11,23H,3,9-10H2,1-2H3,(H,24,25). The Labute approximate surface area is 173 Å². The van der Waals surface area contributed by atoms with Gasteiger partial charge >= 0.3 is 5.97 Å². The van der Waals surface area contributed by atoms with Crippen molar-refractivity contribution in [1.82, 2.24) is 5.32 Å². The van der Waals surface area contributed by atoms with Gasteiger partial charge in [-0.1, -0.05) is 40.9 Å². The van der Waals surface area contributed by atoms with Crippen molar-refractivity contribution in [3.8, 4) is 11.5 Å². The van der Waals surface area contributed by atoms with E-state index < -0.39 is 12.0 Å². The SMILES string of the molecule is CCOc1cc(CNC(C)C(=O)O)cc(Cl)c1OCc1ccc(Cl)c(Cl)c1. The van der Waals surface area contributed by atoms with E-state index in [-0.39, 0.29) is 6.61 Å². The Bertz CT molecular complexity index is 814. The second-order valence-electron chi connectivity index (χ2n) is 5.82. The molecule has 0 aliphatic carbocycles. The summed E-state index contributed by atoms with van der Waals surface area (Å²) in [5, 5.41) is 13.2. The van der Waals surface area contributed by atoms with E-state index in [1.165, 1.54) is 0 Å². The van der Waals surface area contributed by atoms with Gasteiger partial charge in [0.15, 0.2) is 11.5 Å². The molecule has 0 aliphatic rings. The molecule has 0 amide bonds. The van der Waals surface area contributed by atoms with Crippen LogP contribution in [-0.2, 0) is 17.9 Å². The Kier molecular flexibility index (Phi) is 8.05. The van der Waals surface area contributed by atoms with Crippen molar-refractivity contribution in [3.63, 3.8) is 0 Å². The second kappa shape index (κ2) is 10.0. The van der Waals surface area contributed by atoms with Crippen molar-refractivity contribution in [1.29, 1.82) is 0 Å². The van der Waals surface area contributed by atoms with E-state index in [0.717, 1.165) is 11.1 Å². The Balaban J connectivity index is 2.16. The minimum atomic E-state index is -0.923. The number of carboxylic acids is 1. The van der Waals surface area contributed by atoms with Gasteiger partial charge in [0.25, 0.3) is 0 Å². The molecule has 0 heterocycles. The summed E-state index contributed by atoms with van der Waals surface area (Å²) in [7, 11) is 0. The van der Waals surface area contributed by atoms with E-state index in [1.54, 1.807) is 31.2 Å². The minimum Gasteiger partial charge on any atom is -0.490 e. The Morgan fingerprint density at radius 2 is 1.78 bits per heavy atom. The molecule has 5 nitrogen and oxygen atoms in total. The lowest BCUT2D eigenvalue weighted by atomic mass is 10.2. The van der Waals surface area contributed by atoms with E-state index in [2.05, 4.69) is 5.32 Å². The molecule has 0 saturated carbocycles. The van der Waals surface area contributed by atoms with Crippen LogP contribution in [0.25, 0.3) is 0 Å². The van der Waals surface area contributed by atoms with Crippen LogP contribution in [0.4, 0.5) is 0 Å². The molecule has 0 fully saturated rings. The predicted molar refractivity (Wildman–Crippen MR) is 107 cm³/mol. The van der Waals surface area contributed by atoms with Crippen LogP contribution in [0, 0.1) is 0 Å². The molecule has 8 heteroatoms. The van der Waals surface area contributed by atoms with Crippen molar-refractivity contribution in [2.75, 3.05) is 6.61 Å². The largest absolute Gasteiger partial charge is 0.490 e. The van der Waals surface area contributed by atoms with Crippen LogP contribution in [0.3, 0.4) is 0 Å². The van der Waals surface area contributed by atoms with Crippen LogP contribution < -0.4 is 14.8 Å². The molecule has 0 aliphatic heterocycles. The zero-order valence-electron chi connectivity index (χ0n) is 14.9. The van der Waals surface area contributed by atoms with Crippen molar-refractivity contribution in [2.45, 2.75) is 33.0 Å². The highest BCUT2D eigenvalue weighted by Gasteiger charge is 2.15. The van der Waals surface area contributed by atoms with Gasteiger partial charge in [0, 0.05) is 6.54 Å². The van der Waals surface area contributed by atoms with Crippen LogP contribution >= 0.6 is 34.8 Å². The monoisotopic (exact) mass is 431 g/mol. The lowest BCUT2D eigenvalue weighted by Crippen LogP contribution is -2.33. The quantitative estimate of drug-likeness (QED) is 0.571. The number of carboxylic acid groups (broad SMARTS) is 1. The molecule has 2 aromatic carbocycles. The maximum Gasteiger partial charge on any atom is 0.320 e. The van der Waals surface area contributed by atoms with Gasteiger partial charge in [-0.25, -0.2) is 0 Å². The molecule has 0 bridgehead atoms. The summed E-state index contributed by atoms with van der Waals surface area (Å²) < 4.78 is 11.5. The maximum absolute atomic E-state index is 10.9. The van der Waals surface area contributed by atoms with E-state index >= 15 is 0 Å². The fourth-order valence-electron chi connectivity index (χ4n) is 2.27. The van der Waals surface area contributed by atoms with Gasteiger partial charge in [-0.05, 0) is 49.2 Å². The first kappa shape index (κ1) is 21.6. The molecular weight excluding hydrogens is 413 g/mol. The van der Waals surface area contributed by atoms with E-state index in [4.69, 9.17) is 49.4 Å². The number of halogens is 3. The summed E-state index contributed by atoms with van der Waals surface area (Å²) in [5.41, 5.74) is 1.63. The van der Waals surface area contributed by atoms with Crippen LogP contribution in [0.5, 0.6) is 11.5 Å². The van der Waals surface area contributed by atoms with Gasteiger partial charge in [-0.3, -0.25) is 4.79 Å². The lowest BCUT2D eigenvalue weighted by Gasteiger charge is -2.16. The van der Waals surface area contributed by atoms with Crippen LogP contribution in [0.2, 0.25) is 15.1 Å². The number of aliphatic carboxylic acids is 1. The first-order chi connectivity index (χ1) is 12.8. The highest BCUT2D eigenvalue weighted by molar-refractivity contribution is 6.42. The third kappa shape index (κ3) is 6.18. The Hall–Kier alpha value is -1.66. The fraction of sp³-hybridized carbons (Fsp3) is 0.316. The van der Waals surface area contributed by atoms with Gasteiger partial charge in [-0.15, -0.1) is 0 Å². The molecule has 2 N–H and O–H groups in total.